The van der Waals surface area contributed by atoms with Crippen molar-refractivity contribution in [3.8, 4) is 0 Å². The van der Waals surface area contributed by atoms with E-state index in [-0.39, 0.29) is 5.75 Å². The molecule has 3 nitrogen and oxygen atoms in total. The molecular formula is C10H14N2OS. The molecule has 4 heteroatoms. The lowest BCUT2D eigenvalue weighted by atomic mass is 10.2. The molecule has 1 aromatic carbocycles. The van der Waals surface area contributed by atoms with Gasteiger partial charge in [-0.2, -0.15) is 0 Å². The van der Waals surface area contributed by atoms with Crippen molar-refractivity contribution in [1.29, 1.82) is 0 Å². The molecule has 0 radical (unpaired) electrons. The third-order valence-corrected chi connectivity index (χ3v) is 4.47. The fourth-order valence-electron chi connectivity index (χ4n) is 1.60. The molecule has 1 unspecified atom stereocenters. The van der Waals surface area contributed by atoms with Crippen LogP contribution in [0.5, 0.6) is 0 Å². The number of benzene rings is 1. The zero-order valence-corrected chi connectivity index (χ0v) is 8.51. The fraction of sp³-hybridized carbons (Fsp3) is 0.400. The Hall–Kier alpha value is -0.870. The van der Waals surface area contributed by atoms with Gasteiger partial charge in [-0.3, -0.25) is 0 Å². The molecule has 1 aromatic rings. The zero-order chi connectivity index (χ0) is 12.5. The summed E-state index contributed by atoms with van der Waals surface area (Å²) in [6, 6.07) is 7.17. The Morgan fingerprint density at radius 1 is 1.57 bits per heavy atom. The first-order valence-corrected chi connectivity index (χ1v) is 6.14. The van der Waals surface area contributed by atoms with Gasteiger partial charge in [-0.15, -0.1) is 0 Å². The van der Waals surface area contributed by atoms with E-state index >= 15 is 0 Å². The minimum Gasteiger partial charge on any atom is -0.312 e. The van der Waals surface area contributed by atoms with E-state index in [0.717, 1.165) is 5.56 Å². The van der Waals surface area contributed by atoms with E-state index in [0.29, 0.717) is 18.0 Å². The highest BCUT2D eigenvalue weighted by atomic mass is 32.2. The summed E-state index contributed by atoms with van der Waals surface area (Å²) in [5.41, 5.74) is 0.864. The third kappa shape index (κ3) is 1.55. The van der Waals surface area contributed by atoms with Crippen molar-refractivity contribution in [2.45, 2.75) is 11.4 Å². The molecule has 2 rings (SSSR count). The van der Waals surface area contributed by atoms with Crippen LogP contribution in [0.25, 0.3) is 0 Å². The van der Waals surface area contributed by atoms with Crippen LogP contribution >= 0.6 is 0 Å². The summed E-state index contributed by atoms with van der Waals surface area (Å²) in [6.45, 7) is -1.41. The summed E-state index contributed by atoms with van der Waals surface area (Å²) in [7, 11) is -2.84. The maximum absolute atomic E-state index is 12.7. The van der Waals surface area contributed by atoms with Crippen molar-refractivity contribution in [2.24, 2.45) is 4.36 Å². The molecule has 0 amide bonds. The predicted molar refractivity (Wildman–Crippen MR) is 57.8 cm³/mol. The van der Waals surface area contributed by atoms with E-state index in [1.165, 1.54) is 0 Å². The lowest BCUT2D eigenvalue weighted by Gasteiger charge is -2.08. The van der Waals surface area contributed by atoms with Crippen molar-refractivity contribution < 1.29 is 8.32 Å². The highest BCUT2D eigenvalue weighted by Gasteiger charge is 2.18. The first-order chi connectivity index (χ1) is 7.91. The summed E-state index contributed by atoms with van der Waals surface area (Å²) in [4.78, 5) is 0.557. The van der Waals surface area contributed by atoms with Gasteiger partial charge < -0.3 is 5.32 Å². The monoisotopic (exact) mass is 213 g/mol. The smallest absolute Gasteiger partial charge is 0.0765 e. The van der Waals surface area contributed by atoms with E-state index in [9.17, 15) is 4.21 Å². The molecule has 0 saturated heterocycles. The van der Waals surface area contributed by atoms with Crippen molar-refractivity contribution in [1.82, 2.24) is 5.32 Å². The summed E-state index contributed by atoms with van der Waals surface area (Å²) >= 11 is 0. The molecule has 0 saturated carbocycles. The minimum atomic E-state index is -2.84. The average Bonchev–Trinajstić information content (AvgIpc) is 2.37. The molecule has 1 heterocycles. The second kappa shape index (κ2) is 3.71. The Bertz CT molecular complexity index is 533. The summed E-state index contributed by atoms with van der Waals surface area (Å²) in [6.07, 6.45) is 0. The van der Waals surface area contributed by atoms with Crippen LogP contribution in [-0.2, 0) is 16.3 Å². The van der Waals surface area contributed by atoms with Crippen LogP contribution in [0.15, 0.2) is 33.5 Å². The second-order valence-electron chi connectivity index (χ2n) is 3.22. The SMILES string of the molecule is [2H]C([2H])([2H])N=S1(=O)CCNCc2ccccc21. The molecule has 1 aliphatic heterocycles. The predicted octanol–water partition coefficient (Wildman–Crippen LogP) is 1.25. The lowest BCUT2D eigenvalue weighted by Crippen LogP contribution is -2.17. The maximum Gasteiger partial charge on any atom is 0.0765 e. The van der Waals surface area contributed by atoms with Gasteiger partial charge >= 0.3 is 0 Å². The van der Waals surface area contributed by atoms with Gasteiger partial charge in [0, 0.05) is 29.9 Å². The van der Waals surface area contributed by atoms with Gasteiger partial charge in [0.25, 0.3) is 0 Å². The number of nitrogens with one attached hydrogen (secondary N) is 1. The molecule has 0 aromatic heterocycles. The number of hydrogen-bond donors (Lipinski definition) is 1. The summed E-state index contributed by atoms with van der Waals surface area (Å²) < 4.78 is 37.8. The molecule has 0 spiro atoms. The third-order valence-electron chi connectivity index (χ3n) is 2.33. The Morgan fingerprint density at radius 3 is 3.29 bits per heavy atom. The van der Waals surface area contributed by atoms with Crippen LogP contribution in [0.2, 0.25) is 0 Å². The van der Waals surface area contributed by atoms with Crippen LogP contribution < -0.4 is 5.32 Å². The first-order valence-electron chi connectivity index (χ1n) is 5.95. The number of nitrogens with zero attached hydrogens (tertiary/aromatic N) is 1. The van der Waals surface area contributed by atoms with Gasteiger partial charge in [0.05, 0.1) is 14.6 Å². The Labute approximate surface area is 88.9 Å². The normalized spacial score (nSPS) is 30.4. The van der Waals surface area contributed by atoms with Crippen LogP contribution in [-0.4, -0.2) is 23.5 Å². The van der Waals surface area contributed by atoms with E-state index < -0.39 is 16.7 Å². The van der Waals surface area contributed by atoms with E-state index in [1.807, 2.05) is 12.1 Å². The number of fused-ring (bicyclic) bond motifs is 1. The van der Waals surface area contributed by atoms with E-state index in [4.69, 9.17) is 4.11 Å². The van der Waals surface area contributed by atoms with Gasteiger partial charge in [0.15, 0.2) is 0 Å². The van der Waals surface area contributed by atoms with Crippen LogP contribution in [0, 0.1) is 0 Å². The van der Waals surface area contributed by atoms with Crippen LogP contribution in [0.3, 0.4) is 0 Å². The number of rotatable bonds is 0. The van der Waals surface area contributed by atoms with Crippen molar-refractivity contribution in [2.75, 3.05) is 19.3 Å². The average molecular weight is 213 g/mol. The maximum atomic E-state index is 12.7. The Morgan fingerprint density at radius 2 is 2.43 bits per heavy atom. The quantitative estimate of drug-likeness (QED) is 0.704. The molecular weight excluding hydrogens is 196 g/mol. The largest absolute Gasteiger partial charge is 0.312 e. The Kier molecular flexibility index (Phi) is 1.74. The molecule has 0 aliphatic carbocycles. The van der Waals surface area contributed by atoms with Gasteiger partial charge in [0.2, 0.25) is 0 Å². The van der Waals surface area contributed by atoms with Gasteiger partial charge in [-0.25, -0.2) is 8.57 Å². The van der Waals surface area contributed by atoms with E-state index in [2.05, 4.69) is 9.68 Å². The molecule has 76 valence electrons. The first kappa shape index (κ1) is 6.58. The molecule has 1 N–H and O–H groups in total. The topological polar surface area (TPSA) is 41.5 Å². The highest BCUT2D eigenvalue weighted by Crippen LogP contribution is 2.20. The van der Waals surface area contributed by atoms with Gasteiger partial charge in [-0.05, 0) is 11.6 Å². The van der Waals surface area contributed by atoms with Gasteiger partial charge in [-0.1, -0.05) is 18.2 Å². The van der Waals surface area contributed by atoms with Gasteiger partial charge in [0.1, 0.15) is 0 Å². The molecule has 14 heavy (non-hydrogen) atoms. The molecule has 1 atom stereocenters. The number of hydrogen-bond acceptors (Lipinski definition) is 3. The van der Waals surface area contributed by atoms with Crippen molar-refractivity contribution in [3.05, 3.63) is 29.8 Å². The molecule has 1 aliphatic rings. The molecule has 0 fully saturated rings. The summed E-state index contributed by atoms with van der Waals surface area (Å²) in [5.74, 6) is 0.238. The lowest BCUT2D eigenvalue weighted by molar-refractivity contribution is 0.674. The van der Waals surface area contributed by atoms with Crippen LogP contribution in [0.4, 0.5) is 0 Å². The van der Waals surface area contributed by atoms with Crippen molar-refractivity contribution >= 4 is 9.73 Å². The fourth-order valence-corrected chi connectivity index (χ4v) is 3.27. The molecule has 0 bridgehead atoms. The highest BCUT2D eigenvalue weighted by molar-refractivity contribution is 7.93. The van der Waals surface area contributed by atoms with E-state index in [1.54, 1.807) is 12.1 Å². The Balaban J connectivity index is 2.63. The summed E-state index contributed by atoms with van der Waals surface area (Å²) in [5, 5.41) is 3.12. The van der Waals surface area contributed by atoms with Crippen LogP contribution in [0.1, 0.15) is 9.68 Å². The van der Waals surface area contributed by atoms with Crippen molar-refractivity contribution in [3.63, 3.8) is 0 Å². The standard InChI is InChI=1S/C10H14N2OS/c1-11-14(13)7-6-12-8-9-4-2-3-5-10(9)14/h2-5,12H,6-8H2,1H3/i1D3. The minimum absolute atomic E-state index is 0.238. The zero-order valence-electron chi connectivity index (χ0n) is 10.7. The second-order valence-corrected chi connectivity index (χ2v) is 5.53.